The standard InChI is InChI=1S/C32H29ClF6N4O4/c1-16-27(20-8-21(32(37,38)39)11-22(34)9-20)47-30(46)43(16)13-26-24(12-40-29(41-26)42-14-31(35,36)15-42)23-10-19(6-7-25(23)33)17-2-4-18(5-3-17)28(44)45/h6-12,16-18,27H,2-5,13-15H2,1H3,(H,44,45)/t16-,17?,18?,27-/m0/s1. The van der Waals surface area contributed by atoms with Crippen LogP contribution in [0.15, 0.2) is 42.6 Å². The zero-order chi connectivity index (χ0) is 33.8. The van der Waals surface area contributed by atoms with E-state index < -0.39 is 66.7 Å². The average molecular weight is 683 g/mol. The zero-order valence-corrected chi connectivity index (χ0v) is 25.7. The van der Waals surface area contributed by atoms with Gasteiger partial charge in [0.05, 0.1) is 42.9 Å². The molecule has 3 fully saturated rings. The van der Waals surface area contributed by atoms with Crippen molar-refractivity contribution in [1.82, 2.24) is 14.9 Å². The summed E-state index contributed by atoms with van der Waals surface area (Å²) in [5, 5.41) is 9.70. The highest BCUT2D eigenvalue weighted by Crippen LogP contribution is 2.42. The summed E-state index contributed by atoms with van der Waals surface area (Å²) in [4.78, 5) is 35.9. The highest BCUT2D eigenvalue weighted by atomic mass is 35.5. The van der Waals surface area contributed by atoms with Crippen molar-refractivity contribution in [2.75, 3.05) is 18.0 Å². The van der Waals surface area contributed by atoms with Crippen molar-refractivity contribution < 1.29 is 45.8 Å². The Bertz CT molecular complexity index is 1710. The first-order chi connectivity index (χ1) is 22.1. The molecule has 1 saturated carbocycles. The Morgan fingerprint density at radius 1 is 1.06 bits per heavy atom. The van der Waals surface area contributed by atoms with Gasteiger partial charge in [-0.1, -0.05) is 17.7 Å². The Kier molecular flexibility index (Phi) is 8.52. The monoisotopic (exact) mass is 682 g/mol. The third-order valence-electron chi connectivity index (χ3n) is 9.10. The van der Waals surface area contributed by atoms with Gasteiger partial charge in [0.1, 0.15) is 11.9 Å². The molecule has 0 spiro atoms. The molecule has 15 heteroatoms. The molecule has 2 aromatic carbocycles. The summed E-state index contributed by atoms with van der Waals surface area (Å²) in [6.07, 6.45) is -3.20. The van der Waals surface area contributed by atoms with Gasteiger partial charge in [0.2, 0.25) is 5.95 Å². The summed E-state index contributed by atoms with van der Waals surface area (Å²) in [6, 6.07) is 6.47. The summed E-state index contributed by atoms with van der Waals surface area (Å²) in [5.41, 5.74) is 0.608. The molecule has 1 aromatic heterocycles. The largest absolute Gasteiger partial charge is 0.481 e. The van der Waals surface area contributed by atoms with Gasteiger partial charge in [-0.3, -0.25) is 9.69 Å². The first-order valence-corrected chi connectivity index (χ1v) is 15.3. The van der Waals surface area contributed by atoms with Gasteiger partial charge in [0.25, 0.3) is 5.92 Å². The minimum atomic E-state index is -4.83. The lowest BCUT2D eigenvalue weighted by atomic mass is 9.78. The highest BCUT2D eigenvalue weighted by molar-refractivity contribution is 6.33. The van der Waals surface area contributed by atoms with Crippen LogP contribution in [-0.4, -0.2) is 57.1 Å². The molecular formula is C32H29ClF6N4O4. The van der Waals surface area contributed by atoms with E-state index in [1.165, 1.54) is 22.9 Å². The fourth-order valence-electron chi connectivity index (χ4n) is 6.50. The van der Waals surface area contributed by atoms with Gasteiger partial charge in [0.15, 0.2) is 0 Å². The Morgan fingerprint density at radius 3 is 2.40 bits per heavy atom. The lowest BCUT2D eigenvalue weighted by molar-refractivity contribution is -0.143. The summed E-state index contributed by atoms with van der Waals surface area (Å²) in [7, 11) is 0. The van der Waals surface area contributed by atoms with Crippen LogP contribution in [-0.2, 0) is 22.3 Å². The lowest BCUT2D eigenvalue weighted by Crippen LogP contribution is -2.57. The lowest BCUT2D eigenvalue weighted by Gasteiger charge is -2.38. The van der Waals surface area contributed by atoms with E-state index in [0.717, 1.165) is 17.7 Å². The summed E-state index contributed by atoms with van der Waals surface area (Å²) in [5.74, 6) is -5.23. The van der Waals surface area contributed by atoms with E-state index in [2.05, 4.69) is 9.97 Å². The number of carboxylic acids is 1. The first kappa shape index (κ1) is 32.9. The number of carbonyl (C=O) groups excluding carboxylic acids is 1. The van der Waals surface area contributed by atoms with Gasteiger partial charge in [-0.25, -0.2) is 27.9 Å². The maximum atomic E-state index is 14.2. The number of cyclic esters (lactones) is 1. The van der Waals surface area contributed by atoms with E-state index in [0.29, 0.717) is 47.9 Å². The fourth-order valence-corrected chi connectivity index (χ4v) is 6.72. The molecule has 1 aliphatic carbocycles. The molecule has 2 saturated heterocycles. The third-order valence-corrected chi connectivity index (χ3v) is 9.43. The molecule has 1 N–H and O–H groups in total. The van der Waals surface area contributed by atoms with Crippen LogP contribution in [0.1, 0.15) is 67.0 Å². The predicted octanol–water partition coefficient (Wildman–Crippen LogP) is 7.85. The molecule has 250 valence electrons. The molecule has 6 rings (SSSR count). The number of anilines is 1. The van der Waals surface area contributed by atoms with Crippen LogP contribution in [0.3, 0.4) is 0 Å². The molecule has 0 unspecified atom stereocenters. The second kappa shape index (κ2) is 12.2. The Labute approximate surface area is 270 Å². The van der Waals surface area contributed by atoms with Crippen LogP contribution >= 0.6 is 11.6 Å². The van der Waals surface area contributed by atoms with Crippen molar-refractivity contribution in [2.45, 2.75) is 69.3 Å². The van der Waals surface area contributed by atoms with E-state index >= 15 is 0 Å². The second-order valence-electron chi connectivity index (χ2n) is 12.3. The van der Waals surface area contributed by atoms with E-state index in [-0.39, 0.29) is 29.7 Å². The van der Waals surface area contributed by atoms with Crippen molar-refractivity contribution in [2.24, 2.45) is 5.92 Å². The number of benzene rings is 2. The Hall–Kier alpha value is -4.07. The van der Waals surface area contributed by atoms with E-state index in [4.69, 9.17) is 16.3 Å². The van der Waals surface area contributed by atoms with Crippen molar-refractivity contribution >= 4 is 29.6 Å². The van der Waals surface area contributed by atoms with Crippen LogP contribution in [0.4, 0.5) is 37.1 Å². The number of aliphatic carboxylic acids is 1. The normalized spacial score (nSPS) is 24.2. The number of alkyl halides is 5. The summed E-state index contributed by atoms with van der Waals surface area (Å²) in [6.45, 7) is 0.0721. The van der Waals surface area contributed by atoms with Gasteiger partial charge in [0, 0.05) is 22.3 Å². The van der Waals surface area contributed by atoms with E-state index in [1.807, 2.05) is 12.1 Å². The van der Waals surface area contributed by atoms with Crippen molar-refractivity contribution in [3.63, 3.8) is 0 Å². The quantitative estimate of drug-likeness (QED) is 0.254. The molecule has 47 heavy (non-hydrogen) atoms. The minimum absolute atomic E-state index is 0.00865. The van der Waals surface area contributed by atoms with Gasteiger partial charge >= 0.3 is 18.2 Å². The average Bonchev–Trinajstić information content (AvgIpc) is 3.28. The van der Waals surface area contributed by atoms with Crippen LogP contribution in [0, 0.1) is 11.7 Å². The molecule has 1 amide bonds. The molecule has 3 aromatic rings. The smallest absolute Gasteiger partial charge is 0.416 e. The van der Waals surface area contributed by atoms with E-state index in [1.54, 1.807) is 6.07 Å². The Balaban J connectivity index is 1.33. The predicted molar refractivity (Wildman–Crippen MR) is 158 cm³/mol. The number of halogens is 7. The van der Waals surface area contributed by atoms with Crippen LogP contribution in [0.25, 0.3) is 11.1 Å². The van der Waals surface area contributed by atoms with E-state index in [9.17, 15) is 41.0 Å². The number of hydrogen-bond donors (Lipinski definition) is 1. The van der Waals surface area contributed by atoms with Crippen LogP contribution in [0.2, 0.25) is 5.02 Å². The van der Waals surface area contributed by atoms with Crippen LogP contribution < -0.4 is 4.90 Å². The number of aromatic nitrogens is 2. The van der Waals surface area contributed by atoms with Crippen LogP contribution in [0.5, 0.6) is 0 Å². The van der Waals surface area contributed by atoms with Gasteiger partial charge in [-0.15, -0.1) is 0 Å². The summed E-state index contributed by atoms with van der Waals surface area (Å²) >= 11 is 6.65. The van der Waals surface area contributed by atoms with Crippen molar-refractivity contribution in [3.05, 3.63) is 75.8 Å². The molecule has 0 radical (unpaired) electrons. The highest BCUT2D eigenvalue weighted by Gasteiger charge is 2.46. The molecule has 3 aliphatic rings. The SMILES string of the molecule is C[C@H]1[C@@H](c2cc(F)cc(C(F)(F)F)c2)OC(=O)N1Cc1nc(N2CC(F)(F)C2)ncc1-c1cc(C2CCC(C(=O)O)CC2)ccc1Cl. The number of ether oxygens (including phenoxy) is 1. The Morgan fingerprint density at radius 2 is 1.77 bits per heavy atom. The van der Waals surface area contributed by atoms with Gasteiger partial charge in [-0.2, -0.15) is 13.2 Å². The number of hydrogen-bond acceptors (Lipinski definition) is 6. The maximum absolute atomic E-state index is 14.2. The molecule has 2 aliphatic heterocycles. The molecule has 3 heterocycles. The molecule has 8 nitrogen and oxygen atoms in total. The maximum Gasteiger partial charge on any atom is 0.416 e. The minimum Gasteiger partial charge on any atom is -0.481 e. The fraction of sp³-hybridized carbons (Fsp3) is 0.438. The van der Waals surface area contributed by atoms with Gasteiger partial charge in [-0.05, 0) is 80.0 Å². The molecule has 2 atom stereocenters. The molecular weight excluding hydrogens is 654 g/mol. The number of carboxylic acid groups (broad SMARTS) is 1. The second-order valence-corrected chi connectivity index (χ2v) is 12.7. The molecule has 0 bridgehead atoms. The first-order valence-electron chi connectivity index (χ1n) is 15.0. The topological polar surface area (TPSA) is 95.9 Å². The van der Waals surface area contributed by atoms with Crippen molar-refractivity contribution in [3.8, 4) is 11.1 Å². The number of carbonyl (C=O) groups is 2. The zero-order valence-electron chi connectivity index (χ0n) is 24.9. The van der Waals surface area contributed by atoms with Gasteiger partial charge < -0.3 is 14.7 Å². The number of nitrogens with zero attached hydrogens (tertiary/aromatic N) is 4. The number of rotatable bonds is 7. The third kappa shape index (κ3) is 6.69. The van der Waals surface area contributed by atoms with Crippen molar-refractivity contribution in [1.29, 1.82) is 0 Å². The summed E-state index contributed by atoms with van der Waals surface area (Å²) < 4.78 is 87.3. The number of amides is 1.